The first-order chi connectivity index (χ1) is 13.6. The van der Waals surface area contributed by atoms with Gasteiger partial charge in [-0.2, -0.15) is 0 Å². The van der Waals surface area contributed by atoms with Gasteiger partial charge in [-0.25, -0.2) is 4.98 Å². The lowest BCUT2D eigenvalue weighted by Crippen LogP contribution is -2.11. The number of aromatic nitrogens is 1. The lowest BCUT2D eigenvalue weighted by Gasteiger charge is -2.04. The van der Waals surface area contributed by atoms with E-state index in [2.05, 4.69) is 10.3 Å². The van der Waals surface area contributed by atoms with Gasteiger partial charge in [0, 0.05) is 27.5 Å². The van der Waals surface area contributed by atoms with Crippen LogP contribution in [-0.4, -0.2) is 30.9 Å². The van der Waals surface area contributed by atoms with Crippen LogP contribution in [0.25, 0.3) is 11.3 Å². The molecule has 5 nitrogen and oxygen atoms in total. The van der Waals surface area contributed by atoms with Crippen LogP contribution in [0, 0.1) is 6.92 Å². The molecule has 0 unspecified atom stereocenters. The van der Waals surface area contributed by atoms with Crippen molar-refractivity contribution in [3.63, 3.8) is 0 Å². The predicted octanol–water partition coefficient (Wildman–Crippen LogP) is 5.26. The summed E-state index contributed by atoms with van der Waals surface area (Å²) in [6.45, 7) is 2.01. The highest BCUT2D eigenvalue weighted by Gasteiger charge is 2.12. The molecule has 0 radical (unpaired) electrons. The molecule has 0 saturated heterocycles. The predicted molar refractivity (Wildman–Crippen MR) is 116 cm³/mol. The number of rotatable bonds is 8. The molecule has 0 atom stereocenters. The number of carbonyl (C=O) groups excluding carboxylic acids is 1. The maximum absolute atomic E-state index is 12.2. The van der Waals surface area contributed by atoms with Crippen LogP contribution in [0.2, 0.25) is 0 Å². The van der Waals surface area contributed by atoms with E-state index in [4.69, 9.17) is 9.47 Å². The lowest BCUT2D eigenvalue weighted by atomic mass is 10.1. The number of thiazole rings is 1. The molecule has 1 amide bonds. The average Bonchev–Trinajstić information content (AvgIpc) is 3.08. The van der Waals surface area contributed by atoms with E-state index in [-0.39, 0.29) is 5.91 Å². The van der Waals surface area contributed by atoms with E-state index in [1.807, 2.05) is 55.5 Å². The van der Waals surface area contributed by atoms with Gasteiger partial charge in [-0.05, 0) is 55.5 Å². The van der Waals surface area contributed by atoms with Crippen molar-refractivity contribution in [1.29, 1.82) is 0 Å². The number of amides is 1. The second-order valence-corrected chi connectivity index (χ2v) is 8.35. The van der Waals surface area contributed by atoms with Crippen molar-refractivity contribution in [2.75, 3.05) is 25.3 Å². The molecular weight excluding hydrogens is 392 g/mol. The number of hydrogen-bond acceptors (Lipinski definition) is 6. The number of methoxy groups -OCH3 is 2. The van der Waals surface area contributed by atoms with E-state index in [9.17, 15) is 4.79 Å². The van der Waals surface area contributed by atoms with Crippen molar-refractivity contribution in [2.24, 2.45) is 0 Å². The summed E-state index contributed by atoms with van der Waals surface area (Å²) in [5, 5.41) is 3.54. The van der Waals surface area contributed by atoms with Crippen LogP contribution < -0.4 is 14.8 Å². The summed E-state index contributed by atoms with van der Waals surface area (Å²) in [6, 6.07) is 15.6. The number of aryl methyl sites for hydroxylation is 1. The third-order valence-electron chi connectivity index (χ3n) is 4.06. The number of nitrogens with zero attached hydrogens (tertiary/aromatic N) is 1. The quantitative estimate of drug-likeness (QED) is 0.510. The van der Waals surface area contributed by atoms with Crippen LogP contribution in [0.1, 0.15) is 11.3 Å². The van der Waals surface area contributed by atoms with Gasteiger partial charge in [-0.1, -0.05) is 0 Å². The number of thioether (sulfide) groups is 1. The summed E-state index contributed by atoms with van der Waals surface area (Å²) in [5.74, 6) is 2.30. The maximum atomic E-state index is 12.2. The molecule has 0 spiro atoms. The third-order valence-corrected chi connectivity index (χ3v) is 5.96. The van der Waals surface area contributed by atoms with Gasteiger partial charge in [-0.15, -0.1) is 23.1 Å². The summed E-state index contributed by atoms with van der Waals surface area (Å²) in [6.07, 6.45) is 0.424. The first-order valence-corrected chi connectivity index (χ1v) is 10.6. The van der Waals surface area contributed by atoms with Gasteiger partial charge in [0.25, 0.3) is 0 Å². The number of anilines is 1. The Kier molecular flexibility index (Phi) is 6.95. The lowest BCUT2D eigenvalue weighted by molar-refractivity contribution is -0.115. The van der Waals surface area contributed by atoms with E-state index in [1.54, 1.807) is 26.0 Å². The third kappa shape index (κ3) is 5.27. The first-order valence-electron chi connectivity index (χ1n) is 8.77. The molecule has 3 aromatic rings. The van der Waals surface area contributed by atoms with Gasteiger partial charge in [-0.3, -0.25) is 4.79 Å². The van der Waals surface area contributed by atoms with Gasteiger partial charge in [0.2, 0.25) is 5.91 Å². The van der Waals surface area contributed by atoms with Crippen molar-refractivity contribution in [1.82, 2.24) is 4.98 Å². The molecule has 1 heterocycles. The summed E-state index contributed by atoms with van der Waals surface area (Å²) < 4.78 is 10.3. The SMILES string of the molecule is COc1ccc(SCCC(=O)Nc2nc(-c3ccc(OC)cc3)c(C)s2)cc1. The summed E-state index contributed by atoms with van der Waals surface area (Å²) >= 11 is 3.13. The molecule has 0 aliphatic heterocycles. The zero-order chi connectivity index (χ0) is 19.9. The highest BCUT2D eigenvalue weighted by atomic mass is 32.2. The van der Waals surface area contributed by atoms with Crippen molar-refractivity contribution in [3.8, 4) is 22.8 Å². The summed E-state index contributed by atoms with van der Waals surface area (Å²) in [7, 11) is 3.29. The van der Waals surface area contributed by atoms with Gasteiger partial charge in [0.1, 0.15) is 11.5 Å². The minimum Gasteiger partial charge on any atom is -0.497 e. The van der Waals surface area contributed by atoms with Crippen molar-refractivity contribution < 1.29 is 14.3 Å². The van der Waals surface area contributed by atoms with Crippen LogP contribution in [0.4, 0.5) is 5.13 Å². The number of carbonyl (C=O) groups is 1. The normalized spacial score (nSPS) is 10.5. The minimum atomic E-state index is -0.0314. The number of ether oxygens (including phenoxy) is 2. The molecule has 3 rings (SSSR count). The zero-order valence-corrected chi connectivity index (χ0v) is 17.7. The van der Waals surface area contributed by atoms with Crippen LogP contribution in [0.3, 0.4) is 0 Å². The van der Waals surface area contributed by atoms with Gasteiger partial charge >= 0.3 is 0 Å². The Hall–Kier alpha value is -2.51. The van der Waals surface area contributed by atoms with Gasteiger partial charge in [0.15, 0.2) is 5.13 Å². The molecule has 2 aromatic carbocycles. The van der Waals surface area contributed by atoms with E-state index in [0.717, 1.165) is 32.5 Å². The zero-order valence-electron chi connectivity index (χ0n) is 16.0. The van der Waals surface area contributed by atoms with Crippen LogP contribution >= 0.6 is 23.1 Å². The molecule has 0 bridgehead atoms. The van der Waals surface area contributed by atoms with Crippen molar-refractivity contribution >= 4 is 34.1 Å². The second-order valence-electron chi connectivity index (χ2n) is 5.97. The molecular formula is C21H22N2O3S2. The molecule has 28 heavy (non-hydrogen) atoms. The highest BCUT2D eigenvalue weighted by molar-refractivity contribution is 7.99. The van der Waals surface area contributed by atoms with E-state index < -0.39 is 0 Å². The molecule has 7 heteroatoms. The molecule has 1 aromatic heterocycles. The van der Waals surface area contributed by atoms with E-state index in [0.29, 0.717) is 17.3 Å². The van der Waals surface area contributed by atoms with Crippen LogP contribution in [0.15, 0.2) is 53.4 Å². The monoisotopic (exact) mass is 414 g/mol. The second kappa shape index (κ2) is 9.61. The van der Waals surface area contributed by atoms with E-state index >= 15 is 0 Å². The average molecular weight is 415 g/mol. The fourth-order valence-corrected chi connectivity index (χ4v) is 4.29. The van der Waals surface area contributed by atoms with Crippen molar-refractivity contribution in [3.05, 3.63) is 53.4 Å². The Morgan fingerprint density at radius 1 is 1.04 bits per heavy atom. The largest absolute Gasteiger partial charge is 0.497 e. The summed E-state index contributed by atoms with van der Waals surface area (Å²) in [5.41, 5.74) is 1.89. The molecule has 0 aliphatic rings. The molecule has 0 fully saturated rings. The van der Waals surface area contributed by atoms with Gasteiger partial charge < -0.3 is 14.8 Å². The molecule has 0 aliphatic carbocycles. The fourth-order valence-electron chi connectivity index (χ4n) is 2.58. The van der Waals surface area contributed by atoms with Crippen molar-refractivity contribution in [2.45, 2.75) is 18.2 Å². The first kappa shape index (κ1) is 20.2. The minimum absolute atomic E-state index is 0.0314. The Balaban J connectivity index is 1.53. The smallest absolute Gasteiger partial charge is 0.226 e. The fraction of sp³-hybridized carbons (Fsp3) is 0.238. The molecule has 1 N–H and O–H groups in total. The standard InChI is InChI=1S/C21H22N2O3S2/c1-14-20(15-4-6-16(25-2)7-5-15)23-21(28-14)22-19(24)12-13-27-18-10-8-17(26-3)9-11-18/h4-11H,12-13H2,1-3H3,(H,22,23,24). The van der Waals surface area contributed by atoms with E-state index in [1.165, 1.54) is 11.3 Å². The highest BCUT2D eigenvalue weighted by Crippen LogP contribution is 2.31. The van der Waals surface area contributed by atoms with Crippen LogP contribution in [0.5, 0.6) is 11.5 Å². The number of nitrogens with one attached hydrogen (secondary N) is 1. The molecule has 0 saturated carbocycles. The Bertz CT molecular complexity index is 922. The number of hydrogen-bond donors (Lipinski definition) is 1. The summed E-state index contributed by atoms with van der Waals surface area (Å²) in [4.78, 5) is 19.0. The Morgan fingerprint density at radius 2 is 1.64 bits per heavy atom. The Morgan fingerprint density at radius 3 is 2.25 bits per heavy atom. The maximum Gasteiger partial charge on any atom is 0.226 e. The molecule has 146 valence electrons. The van der Waals surface area contributed by atoms with Gasteiger partial charge in [0.05, 0.1) is 19.9 Å². The van der Waals surface area contributed by atoms with Crippen LogP contribution in [-0.2, 0) is 4.79 Å². The Labute approximate surface area is 173 Å². The topological polar surface area (TPSA) is 60.5 Å². The number of benzene rings is 2.